The third-order valence-electron chi connectivity index (χ3n) is 2.74. The Bertz CT molecular complexity index is 593. The van der Waals surface area contributed by atoms with Crippen molar-refractivity contribution >= 4 is 21.9 Å². The van der Waals surface area contributed by atoms with Gasteiger partial charge in [0.05, 0.1) is 23.3 Å². The molecule has 2 aromatic heterocycles. The van der Waals surface area contributed by atoms with Crippen LogP contribution >= 0.6 is 15.9 Å². The number of carbonyl (C=O) groups is 1. The number of halogens is 1. The predicted octanol–water partition coefficient (Wildman–Crippen LogP) is 2.43. The number of methoxy groups -OCH3 is 1. The molecule has 2 aromatic rings. The molecule has 0 aliphatic rings. The SMILES string of the molecule is COC(=O)c1c(Br)c(C)n(-c2cnccn2)c1C. The summed E-state index contributed by atoms with van der Waals surface area (Å²) in [5.41, 5.74) is 2.17. The van der Waals surface area contributed by atoms with Gasteiger partial charge >= 0.3 is 5.97 Å². The summed E-state index contributed by atoms with van der Waals surface area (Å²) < 4.78 is 7.37. The van der Waals surface area contributed by atoms with Crippen molar-refractivity contribution in [2.75, 3.05) is 7.11 Å². The molecule has 0 saturated carbocycles. The molecule has 0 saturated heterocycles. The number of ether oxygens (including phenoxy) is 1. The second-order valence-corrected chi connectivity index (χ2v) is 4.54. The Balaban J connectivity index is 2.68. The second kappa shape index (κ2) is 4.89. The number of hydrogen-bond acceptors (Lipinski definition) is 4. The average Bonchev–Trinajstić information content (AvgIpc) is 2.61. The van der Waals surface area contributed by atoms with E-state index in [4.69, 9.17) is 4.74 Å². The van der Waals surface area contributed by atoms with Crippen molar-refractivity contribution in [3.05, 3.63) is 40.0 Å². The van der Waals surface area contributed by atoms with Crippen LogP contribution in [0.5, 0.6) is 0 Å². The lowest BCUT2D eigenvalue weighted by Crippen LogP contribution is -2.06. The maximum atomic E-state index is 11.8. The zero-order valence-electron chi connectivity index (χ0n) is 10.3. The summed E-state index contributed by atoms with van der Waals surface area (Å²) in [4.78, 5) is 20.0. The molecule has 0 atom stereocenters. The Hall–Kier alpha value is -1.69. The van der Waals surface area contributed by atoms with Gasteiger partial charge in [-0.15, -0.1) is 0 Å². The Morgan fingerprint density at radius 3 is 2.61 bits per heavy atom. The fourth-order valence-electron chi connectivity index (χ4n) is 1.89. The van der Waals surface area contributed by atoms with Gasteiger partial charge < -0.3 is 4.74 Å². The summed E-state index contributed by atoms with van der Waals surface area (Å²) >= 11 is 3.42. The van der Waals surface area contributed by atoms with Gasteiger partial charge in [0.1, 0.15) is 0 Å². The van der Waals surface area contributed by atoms with Crippen LogP contribution in [0.2, 0.25) is 0 Å². The van der Waals surface area contributed by atoms with E-state index in [9.17, 15) is 4.79 Å². The lowest BCUT2D eigenvalue weighted by Gasteiger charge is -2.07. The minimum atomic E-state index is -0.370. The molecule has 0 unspecified atom stereocenters. The van der Waals surface area contributed by atoms with Crippen molar-refractivity contribution in [2.45, 2.75) is 13.8 Å². The summed E-state index contributed by atoms with van der Waals surface area (Å²) in [5.74, 6) is 0.300. The highest BCUT2D eigenvalue weighted by molar-refractivity contribution is 9.10. The van der Waals surface area contributed by atoms with Crippen LogP contribution in [-0.4, -0.2) is 27.6 Å². The van der Waals surface area contributed by atoms with E-state index in [0.29, 0.717) is 11.4 Å². The van der Waals surface area contributed by atoms with E-state index < -0.39 is 0 Å². The summed E-state index contributed by atoms with van der Waals surface area (Å²) in [5, 5.41) is 0. The summed E-state index contributed by atoms with van der Waals surface area (Å²) in [7, 11) is 1.36. The molecule has 94 valence electrons. The Labute approximate surface area is 113 Å². The smallest absolute Gasteiger partial charge is 0.340 e. The van der Waals surface area contributed by atoms with Gasteiger partial charge in [-0.2, -0.15) is 0 Å². The van der Waals surface area contributed by atoms with Gasteiger partial charge in [0.2, 0.25) is 0 Å². The van der Waals surface area contributed by atoms with Crippen molar-refractivity contribution in [3.63, 3.8) is 0 Å². The molecule has 2 rings (SSSR count). The molecule has 0 radical (unpaired) electrons. The van der Waals surface area contributed by atoms with Gasteiger partial charge in [-0.25, -0.2) is 9.78 Å². The number of hydrogen-bond donors (Lipinski definition) is 0. The topological polar surface area (TPSA) is 57.0 Å². The second-order valence-electron chi connectivity index (χ2n) is 3.75. The minimum absolute atomic E-state index is 0.370. The highest BCUT2D eigenvalue weighted by atomic mass is 79.9. The number of aromatic nitrogens is 3. The first-order chi connectivity index (χ1) is 8.57. The molecular weight excluding hydrogens is 298 g/mol. The van der Waals surface area contributed by atoms with Crippen molar-refractivity contribution in [2.24, 2.45) is 0 Å². The van der Waals surface area contributed by atoms with Gasteiger partial charge in [-0.1, -0.05) is 0 Å². The third-order valence-corrected chi connectivity index (χ3v) is 3.71. The summed E-state index contributed by atoms with van der Waals surface area (Å²) in [6.07, 6.45) is 4.86. The van der Waals surface area contributed by atoms with E-state index in [0.717, 1.165) is 15.9 Å². The van der Waals surface area contributed by atoms with E-state index in [2.05, 4.69) is 25.9 Å². The van der Waals surface area contributed by atoms with Gasteiger partial charge in [0.25, 0.3) is 0 Å². The van der Waals surface area contributed by atoms with Crippen molar-refractivity contribution in [1.29, 1.82) is 0 Å². The van der Waals surface area contributed by atoms with Crippen LogP contribution in [0, 0.1) is 13.8 Å². The fraction of sp³-hybridized carbons (Fsp3) is 0.250. The van der Waals surface area contributed by atoms with E-state index in [1.165, 1.54) is 7.11 Å². The fourth-order valence-corrected chi connectivity index (χ4v) is 2.52. The molecule has 0 aliphatic carbocycles. The molecule has 18 heavy (non-hydrogen) atoms. The van der Waals surface area contributed by atoms with Crippen LogP contribution in [0.25, 0.3) is 5.82 Å². The Morgan fingerprint density at radius 2 is 2.06 bits per heavy atom. The van der Waals surface area contributed by atoms with E-state index in [1.807, 2.05) is 18.4 Å². The minimum Gasteiger partial charge on any atom is -0.465 e. The molecule has 0 amide bonds. The quantitative estimate of drug-likeness (QED) is 0.800. The van der Waals surface area contributed by atoms with E-state index in [-0.39, 0.29) is 5.97 Å². The zero-order chi connectivity index (χ0) is 13.3. The molecule has 0 aromatic carbocycles. The van der Waals surface area contributed by atoms with Crippen molar-refractivity contribution in [3.8, 4) is 5.82 Å². The first-order valence-electron chi connectivity index (χ1n) is 5.30. The van der Waals surface area contributed by atoms with Crippen molar-refractivity contribution < 1.29 is 9.53 Å². The monoisotopic (exact) mass is 309 g/mol. The van der Waals surface area contributed by atoms with Crippen LogP contribution in [-0.2, 0) is 4.74 Å². The van der Waals surface area contributed by atoms with E-state index >= 15 is 0 Å². The molecule has 0 fully saturated rings. The predicted molar refractivity (Wildman–Crippen MR) is 69.9 cm³/mol. The number of carbonyl (C=O) groups excluding carboxylic acids is 1. The Kier molecular flexibility index (Phi) is 3.47. The zero-order valence-corrected chi connectivity index (χ0v) is 11.9. The van der Waals surface area contributed by atoms with Gasteiger partial charge in [-0.3, -0.25) is 9.55 Å². The van der Waals surface area contributed by atoms with Crippen LogP contribution in [0.15, 0.2) is 23.1 Å². The maximum Gasteiger partial charge on any atom is 0.340 e. The first kappa shape index (κ1) is 12.8. The molecule has 0 N–H and O–H groups in total. The molecule has 5 nitrogen and oxygen atoms in total. The molecule has 0 aliphatic heterocycles. The van der Waals surface area contributed by atoms with Gasteiger partial charge in [0, 0.05) is 23.8 Å². The highest BCUT2D eigenvalue weighted by Gasteiger charge is 2.23. The maximum absolute atomic E-state index is 11.8. The number of nitrogens with zero attached hydrogens (tertiary/aromatic N) is 3. The third kappa shape index (κ3) is 1.92. The van der Waals surface area contributed by atoms with E-state index in [1.54, 1.807) is 18.6 Å². The van der Waals surface area contributed by atoms with Gasteiger partial charge in [0.15, 0.2) is 5.82 Å². The van der Waals surface area contributed by atoms with Crippen LogP contribution in [0.4, 0.5) is 0 Å². The molecular formula is C12H12BrN3O2. The molecule has 0 bridgehead atoms. The summed E-state index contributed by atoms with van der Waals surface area (Å²) in [6, 6.07) is 0. The largest absolute Gasteiger partial charge is 0.465 e. The standard InChI is InChI=1S/C12H12BrN3O2/c1-7-10(12(17)18-3)11(13)8(2)16(7)9-6-14-4-5-15-9/h4-6H,1-3H3. The average molecular weight is 310 g/mol. The lowest BCUT2D eigenvalue weighted by atomic mass is 10.2. The molecule has 6 heteroatoms. The lowest BCUT2D eigenvalue weighted by molar-refractivity contribution is 0.0599. The van der Waals surface area contributed by atoms with Crippen LogP contribution < -0.4 is 0 Å². The summed E-state index contributed by atoms with van der Waals surface area (Å²) in [6.45, 7) is 3.75. The number of rotatable bonds is 2. The van der Waals surface area contributed by atoms with Crippen LogP contribution in [0.1, 0.15) is 21.7 Å². The highest BCUT2D eigenvalue weighted by Crippen LogP contribution is 2.30. The molecule has 0 spiro atoms. The molecule has 2 heterocycles. The van der Waals surface area contributed by atoms with Crippen LogP contribution in [0.3, 0.4) is 0 Å². The normalized spacial score (nSPS) is 10.4. The Morgan fingerprint density at radius 1 is 1.33 bits per heavy atom. The first-order valence-corrected chi connectivity index (χ1v) is 6.09. The van der Waals surface area contributed by atoms with Crippen molar-refractivity contribution in [1.82, 2.24) is 14.5 Å². The number of esters is 1. The van der Waals surface area contributed by atoms with Gasteiger partial charge in [-0.05, 0) is 29.8 Å².